The molecule has 3 rings (SSSR count). The van der Waals surface area contributed by atoms with Gasteiger partial charge >= 0.3 is 0 Å². The number of likely N-dealkylation sites (tertiary alicyclic amines) is 1. The molecule has 0 bridgehead atoms. The summed E-state index contributed by atoms with van der Waals surface area (Å²) in [5, 5.41) is 2.96. The second-order valence-electron chi connectivity index (χ2n) is 8.22. The molecule has 6 heteroatoms. The third kappa shape index (κ3) is 5.89. The minimum atomic E-state index is -0.154. The Bertz CT molecular complexity index is 875. The molecule has 0 unspecified atom stereocenters. The topological polar surface area (TPSA) is 65.5 Å². The fourth-order valence-electron chi connectivity index (χ4n) is 3.98. The van der Waals surface area contributed by atoms with Crippen molar-refractivity contribution in [3.05, 3.63) is 59.4 Å². The van der Waals surface area contributed by atoms with Gasteiger partial charge in [0.15, 0.2) is 0 Å². The lowest BCUT2D eigenvalue weighted by Gasteiger charge is -2.33. The highest BCUT2D eigenvalue weighted by Gasteiger charge is 2.26. The van der Waals surface area contributed by atoms with Gasteiger partial charge in [0.25, 0.3) is 5.91 Å². The molecule has 30 heavy (non-hydrogen) atoms. The van der Waals surface area contributed by atoms with E-state index >= 15 is 0 Å². The Hall–Kier alpha value is -2.73. The normalized spacial score (nSPS) is 15.0. The van der Waals surface area contributed by atoms with E-state index in [2.05, 4.69) is 28.2 Å². The van der Waals surface area contributed by atoms with Crippen molar-refractivity contribution in [1.82, 2.24) is 14.8 Å². The van der Waals surface area contributed by atoms with Crippen LogP contribution in [0.25, 0.3) is 0 Å². The lowest BCUT2D eigenvalue weighted by atomic mass is 9.95. The number of rotatable bonds is 7. The van der Waals surface area contributed by atoms with Crippen LogP contribution in [0, 0.1) is 12.8 Å². The average Bonchev–Trinajstić information content (AvgIpc) is 2.74. The van der Waals surface area contributed by atoms with E-state index in [1.807, 2.05) is 43.1 Å². The van der Waals surface area contributed by atoms with Gasteiger partial charge in [0.2, 0.25) is 5.91 Å². The molecule has 1 fully saturated rings. The molecule has 1 aliphatic heterocycles. The zero-order valence-corrected chi connectivity index (χ0v) is 18.2. The molecular weight excluding hydrogens is 376 g/mol. The van der Waals surface area contributed by atoms with Crippen LogP contribution in [-0.4, -0.2) is 53.3 Å². The summed E-state index contributed by atoms with van der Waals surface area (Å²) in [5.41, 5.74) is 3.45. The van der Waals surface area contributed by atoms with Crippen LogP contribution in [0.1, 0.15) is 47.7 Å². The molecule has 1 N–H and O–H groups in total. The van der Waals surface area contributed by atoms with Crippen LogP contribution in [0.3, 0.4) is 0 Å². The molecule has 0 radical (unpaired) electrons. The van der Waals surface area contributed by atoms with E-state index in [4.69, 9.17) is 0 Å². The summed E-state index contributed by atoms with van der Waals surface area (Å²) in [4.78, 5) is 33.3. The number of hydrogen-bond donors (Lipinski definition) is 1. The number of anilines is 1. The lowest BCUT2D eigenvalue weighted by Crippen LogP contribution is -2.41. The maximum absolute atomic E-state index is 12.5. The van der Waals surface area contributed by atoms with Gasteiger partial charge in [0, 0.05) is 44.1 Å². The largest absolute Gasteiger partial charge is 0.346 e. The summed E-state index contributed by atoms with van der Waals surface area (Å²) in [5.74, 6) is 0.275. The van der Waals surface area contributed by atoms with Crippen LogP contribution in [0.4, 0.5) is 5.69 Å². The third-order valence-corrected chi connectivity index (χ3v) is 5.60. The molecule has 0 atom stereocenters. The van der Waals surface area contributed by atoms with E-state index in [-0.39, 0.29) is 17.7 Å². The maximum atomic E-state index is 12.5. The SMILES string of the molecule is CCCN(C)C(=O)C1CCN(Cc2cccc(NC(=O)c3cncc(C)c3)c2)CC1. The highest BCUT2D eigenvalue weighted by molar-refractivity contribution is 6.04. The van der Waals surface area contributed by atoms with E-state index in [1.165, 1.54) is 0 Å². The molecule has 1 saturated heterocycles. The number of aromatic nitrogens is 1. The van der Waals surface area contributed by atoms with Gasteiger partial charge in [-0.1, -0.05) is 19.1 Å². The Morgan fingerprint density at radius 2 is 1.97 bits per heavy atom. The van der Waals surface area contributed by atoms with Gasteiger partial charge in [0.1, 0.15) is 0 Å². The Balaban J connectivity index is 1.53. The van der Waals surface area contributed by atoms with Crippen molar-refractivity contribution >= 4 is 17.5 Å². The third-order valence-electron chi connectivity index (χ3n) is 5.60. The van der Waals surface area contributed by atoms with E-state index in [1.54, 1.807) is 12.4 Å². The standard InChI is InChI=1S/C24H32N4O2/c1-4-10-27(3)24(30)20-8-11-28(12-9-20)17-19-6-5-7-22(14-19)26-23(29)21-13-18(2)15-25-16-21/h5-7,13-16,20H,4,8-12,17H2,1-3H3,(H,26,29). The van der Waals surface area contributed by atoms with Gasteiger partial charge < -0.3 is 10.2 Å². The summed E-state index contributed by atoms with van der Waals surface area (Å²) >= 11 is 0. The Labute approximate surface area is 179 Å². The van der Waals surface area contributed by atoms with Crippen LogP contribution in [-0.2, 0) is 11.3 Å². The van der Waals surface area contributed by atoms with E-state index in [0.29, 0.717) is 5.56 Å². The van der Waals surface area contributed by atoms with E-state index in [0.717, 1.165) is 62.3 Å². The molecule has 1 aromatic heterocycles. The van der Waals surface area contributed by atoms with Crippen LogP contribution in [0.5, 0.6) is 0 Å². The molecule has 160 valence electrons. The first-order valence-corrected chi connectivity index (χ1v) is 10.8. The van der Waals surface area contributed by atoms with Crippen LogP contribution in [0.15, 0.2) is 42.7 Å². The average molecular weight is 409 g/mol. The number of nitrogens with one attached hydrogen (secondary N) is 1. The number of hydrogen-bond acceptors (Lipinski definition) is 4. The number of piperidine rings is 1. The molecular formula is C24H32N4O2. The highest BCUT2D eigenvalue weighted by atomic mass is 16.2. The summed E-state index contributed by atoms with van der Waals surface area (Å²) in [6.45, 7) is 7.51. The number of amides is 2. The van der Waals surface area contributed by atoms with Crippen molar-refractivity contribution in [2.45, 2.75) is 39.7 Å². The van der Waals surface area contributed by atoms with Crippen molar-refractivity contribution in [3.8, 4) is 0 Å². The molecule has 2 heterocycles. The lowest BCUT2D eigenvalue weighted by molar-refractivity contribution is -0.135. The molecule has 2 amide bonds. The van der Waals surface area contributed by atoms with E-state index < -0.39 is 0 Å². The van der Waals surface area contributed by atoms with Gasteiger partial charge in [-0.25, -0.2) is 0 Å². The molecule has 6 nitrogen and oxygen atoms in total. The minimum Gasteiger partial charge on any atom is -0.346 e. The number of aryl methyl sites for hydroxylation is 1. The van der Waals surface area contributed by atoms with Gasteiger partial charge in [0.05, 0.1) is 5.56 Å². The Morgan fingerprint density at radius 3 is 2.67 bits per heavy atom. The Kier molecular flexibility index (Phi) is 7.57. The van der Waals surface area contributed by atoms with Crippen LogP contribution >= 0.6 is 0 Å². The number of pyridine rings is 1. The first-order valence-electron chi connectivity index (χ1n) is 10.8. The second kappa shape index (κ2) is 10.3. The zero-order chi connectivity index (χ0) is 21.5. The van der Waals surface area contributed by atoms with Gasteiger partial charge in [-0.15, -0.1) is 0 Å². The first kappa shape index (κ1) is 22.0. The smallest absolute Gasteiger partial charge is 0.257 e. The molecule has 0 aliphatic carbocycles. The number of carbonyl (C=O) groups is 2. The maximum Gasteiger partial charge on any atom is 0.257 e. The second-order valence-corrected chi connectivity index (χ2v) is 8.22. The molecule has 0 saturated carbocycles. The van der Waals surface area contributed by atoms with Gasteiger partial charge in [-0.2, -0.15) is 0 Å². The zero-order valence-electron chi connectivity index (χ0n) is 18.2. The molecule has 0 spiro atoms. The summed E-state index contributed by atoms with van der Waals surface area (Å²) in [6.07, 6.45) is 6.12. The summed E-state index contributed by atoms with van der Waals surface area (Å²) < 4.78 is 0. The summed E-state index contributed by atoms with van der Waals surface area (Å²) in [7, 11) is 1.91. The Morgan fingerprint density at radius 1 is 1.20 bits per heavy atom. The molecule has 1 aliphatic rings. The quantitative estimate of drug-likeness (QED) is 0.758. The number of carbonyl (C=O) groups excluding carboxylic acids is 2. The van der Waals surface area contributed by atoms with Crippen molar-refractivity contribution in [2.75, 3.05) is 32.0 Å². The monoisotopic (exact) mass is 408 g/mol. The van der Waals surface area contributed by atoms with Crippen molar-refractivity contribution in [3.63, 3.8) is 0 Å². The van der Waals surface area contributed by atoms with E-state index in [9.17, 15) is 9.59 Å². The van der Waals surface area contributed by atoms with Crippen molar-refractivity contribution in [1.29, 1.82) is 0 Å². The molecule has 1 aromatic carbocycles. The number of nitrogens with zero attached hydrogens (tertiary/aromatic N) is 3. The predicted octanol–water partition coefficient (Wildman–Crippen LogP) is 3.72. The highest BCUT2D eigenvalue weighted by Crippen LogP contribution is 2.22. The molecule has 2 aromatic rings. The van der Waals surface area contributed by atoms with Crippen molar-refractivity contribution in [2.24, 2.45) is 5.92 Å². The first-order chi connectivity index (χ1) is 14.5. The van der Waals surface area contributed by atoms with Gasteiger partial charge in [-0.05, 0) is 68.6 Å². The predicted molar refractivity (Wildman–Crippen MR) is 119 cm³/mol. The van der Waals surface area contributed by atoms with Gasteiger partial charge in [-0.3, -0.25) is 19.5 Å². The van der Waals surface area contributed by atoms with Crippen LogP contribution in [0.2, 0.25) is 0 Å². The van der Waals surface area contributed by atoms with Crippen LogP contribution < -0.4 is 5.32 Å². The minimum absolute atomic E-state index is 0.145. The van der Waals surface area contributed by atoms with Crippen molar-refractivity contribution < 1.29 is 9.59 Å². The number of benzene rings is 1. The summed E-state index contributed by atoms with van der Waals surface area (Å²) in [6, 6.07) is 9.80. The fraction of sp³-hybridized carbons (Fsp3) is 0.458. The fourth-order valence-corrected chi connectivity index (χ4v) is 3.98.